The van der Waals surface area contributed by atoms with E-state index < -0.39 is 11.9 Å². The summed E-state index contributed by atoms with van der Waals surface area (Å²) in [6.07, 6.45) is 0.362. The van der Waals surface area contributed by atoms with E-state index in [0.717, 1.165) is 0 Å². The summed E-state index contributed by atoms with van der Waals surface area (Å²) in [5.74, 6) is -1.64. The molecular formula is C14H16ClNO3. The summed E-state index contributed by atoms with van der Waals surface area (Å²) in [6.45, 7) is 5.43. The topological polar surface area (TPSA) is 66.4 Å². The number of Topliss-reactive ketones (excluding diaryl/α,β-unsaturated/α-hetero) is 1. The third kappa shape index (κ3) is 2.59. The molecule has 1 unspecified atom stereocenters. The van der Waals surface area contributed by atoms with Crippen molar-refractivity contribution in [3.05, 3.63) is 28.3 Å². The summed E-state index contributed by atoms with van der Waals surface area (Å²) in [4.78, 5) is 23.2. The molecule has 0 aromatic heterocycles. The average Bonchev–Trinajstić information content (AvgIpc) is 2.28. The molecule has 0 fully saturated rings. The smallest absolute Gasteiger partial charge is 0.310 e. The first-order valence-corrected chi connectivity index (χ1v) is 6.47. The van der Waals surface area contributed by atoms with Crippen molar-refractivity contribution in [1.29, 1.82) is 0 Å². The van der Waals surface area contributed by atoms with Crippen molar-refractivity contribution in [2.45, 2.75) is 38.6 Å². The maximum atomic E-state index is 12.2. The first-order valence-electron chi connectivity index (χ1n) is 6.09. The number of benzene rings is 1. The molecule has 1 aliphatic rings. The lowest BCUT2D eigenvalue weighted by molar-refractivity contribution is -0.138. The molecule has 1 atom stereocenters. The zero-order valence-electron chi connectivity index (χ0n) is 11.1. The fourth-order valence-corrected chi connectivity index (χ4v) is 2.52. The third-order valence-electron chi connectivity index (χ3n) is 3.35. The Kier molecular flexibility index (Phi) is 3.31. The van der Waals surface area contributed by atoms with Crippen molar-refractivity contribution in [2.24, 2.45) is 0 Å². The number of aliphatic carboxylic acids is 1. The Morgan fingerprint density at radius 2 is 2.11 bits per heavy atom. The van der Waals surface area contributed by atoms with Crippen molar-refractivity contribution in [3.8, 4) is 0 Å². The second kappa shape index (κ2) is 4.53. The van der Waals surface area contributed by atoms with Gasteiger partial charge in [0.05, 0.1) is 16.6 Å². The van der Waals surface area contributed by atoms with E-state index in [2.05, 4.69) is 5.32 Å². The second-order valence-corrected chi connectivity index (χ2v) is 6.00. The van der Waals surface area contributed by atoms with Crippen molar-refractivity contribution >= 4 is 29.0 Å². The lowest BCUT2D eigenvalue weighted by Crippen LogP contribution is -2.38. The molecule has 0 bridgehead atoms. The van der Waals surface area contributed by atoms with Crippen LogP contribution in [-0.2, 0) is 4.79 Å². The minimum atomic E-state index is -0.937. The maximum absolute atomic E-state index is 12.2. The van der Waals surface area contributed by atoms with Crippen LogP contribution in [0.3, 0.4) is 0 Å². The number of halogens is 1. The lowest BCUT2D eigenvalue weighted by Gasteiger charge is -2.33. The van der Waals surface area contributed by atoms with Gasteiger partial charge in [0.15, 0.2) is 5.78 Å². The van der Waals surface area contributed by atoms with E-state index in [9.17, 15) is 9.59 Å². The van der Waals surface area contributed by atoms with Gasteiger partial charge in [0, 0.05) is 17.5 Å². The molecule has 4 nitrogen and oxygen atoms in total. The van der Waals surface area contributed by atoms with Gasteiger partial charge in [-0.05, 0) is 38.5 Å². The van der Waals surface area contributed by atoms with E-state index in [0.29, 0.717) is 28.3 Å². The van der Waals surface area contributed by atoms with Crippen LogP contribution < -0.4 is 5.32 Å². The van der Waals surface area contributed by atoms with Crippen LogP contribution in [-0.4, -0.2) is 22.4 Å². The zero-order valence-corrected chi connectivity index (χ0v) is 11.8. The fourth-order valence-electron chi connectivity index (χ4n) is 2.25. The van der Waals surface area contributed by atoms with Gasteiger partial charge in [0.2, 0.25) is 0 Å². The average molecular weight is 282 g/mol. The van der Waals surface area contributed by atoms with Gasteiger partial charge in [-0.1, -0.05) is 11.6 Å². The van der Waals surface area contributed by atoms with Gasteiger partial charge in [-0.25, -0.2) is 0 Å². The van der Waals surface area contributed by atoms with Crippen LogP contribution in [0.2, 0.25) is 5.02 Å². The van der Waals surface area contributed by atoms with E-state index in [-0.39, 0.29) is 11.3 Å². The van der Waals surface area contributed by atoms with Crippen LogP contribution in [0.5, 0.6) is 0 Å². The van der Waals surface area contributed by atoms with Gasteiger partial charge in [-0.3, -0.25) is 9.59 Å². The van der Waals surface area contributed by atoms with Gasteiger partial charge < -0.3 is 10.4 Å². The van der Waals surface area contributed by atoms with E-state index >= 15 is 0 Å². The molecule has 0 aliphatic carbocycles. The number of nitrogens with one attached hydrogen (secondary N) is 1. The molecule has 0 amide bonds. The summed E-state index contributed by atoms with van der Waals surface area (Å²) in [7, 11) is 0. The Morgan fingerprint density at radius 1 is 1.47 bits per heavy atom. The highest BCUT2D eigenvalue weighted by atomic mass is 35.5. The first kappa shape index (κ1) is 13.9. The molecule has 1 heterocycles. The van der Waals surface area contributed by atoms with Crippen molar-refractivity contribution in [3.63, 3.8) is 0 Å². The molecule has 102 valence electrons. The minimum Gasteiger partial charge on any atom is -0.481 e. The number of fused-ring (bicyclic) bond motifs is 1. The Balaban J connectivity index is 2.54. The second-order valence-electron chi connectivity index (χ2n) is 5.59. The number of ketones is 1. The molecular weight excluding hydrogens is 266 g/mol. The Hall–Kier alpha value is -1.55. The van der Waals surface area contributed by atoms with Gasteiger partial charge in [-0.2, -0.15) is 0 Å². The molecule has 0 spiro atoms. The minimum absolute atomic E-state index is 0.0138. The van der Waals surface area contributed by atoms with Crippen LogP contribution in [0.15, 0.2) is 12.1 Å². The number of carboxylic acid groups (broad SMARTS) is 1. The third-order valence-corrected chi connectivity index (χ3v) is 3.65. The SMILES string of the molecule is CC(C(=O)O)c1cc(Cl)c2c(c1)C(=O)CC(C)(C)N2. The van der Waals surface area contributed by atoms with Crippen LogP contribution in [0, 0.1) is 0 Å². The van der Waals surface area contributed by atoms with E-state index in [1.165, 1.54) is 0 Å². The summed E-state index contributed by atoms with van der Waals surface area (Å²) in [6, 6.07) is 3.24. The number of carboxylic acids is 1. The number of hydrogen-bond acceptors (Lipinski definition) is 3. The van der Waals surface area contributed by atoms with E-state index in [1.54, 1.807) is 19.1 Å². The lowest BCUT2D eigenvalue weighted by atomic mass is 9.86. The first-order chi connectivity index (χ1) is 8.71. The molecule has 19 heavy (non-hydrogen) atoms. The molecule has 2 N–H and O–H groups in total. The van der Waals surface area contributed by atoms with E-state index in [4.69, 9.17) is 16.7 Å². The van der Waals surface area contributed by atoms with Crippen molar-refractivity contribution in [1.82, 2.24) is 0 Å². The maximum Gasteiger partial charge on any atom is 0.310 e. The van der Waals surface area contributed by atoms with Crippen molar-refractivity contribution in [2.75, 3.05) is 5.32 Å². The predicted octanol–water partition coefficient (Wildman–Crippen LogP) is 3.31. The highest BCUT2D eigenvalue weighted by Gasteiger charge is 2.32. The summed E-state index contributed by atoms with van der Waals surface area (Å²) >= 11 is 6.18. The number of carbonyl (C=O) groups excluding carboxylic acids is 1. The molecule has 0 radical (unpaired) electrons. The van der Waals surface area contributed by atoms with Crippen LogP contribution in [0.4, 0.5) is 5.69 Å². The number of carbonyl (C=O) groups is 2. The van der Waals surface area contributed by atoms with Crippen LogP contribution >= 0.6 is 11.6 Å². The number of rotatable bonds is 2. The molecule has 0 saturated heterocycles. The normalized spacial score (nSPS) is 18.4. The number of hydrogen-bond donors (Lipinski definition) is 2. The van der Waals surface area contributed by atoms with Gasteiger partial charge in [0.25, 0.3) is 0 Å². The largest absolute Gasteiger partial charge is 0.481 e. The Bertz CT molecular complexity index is 566. The van der Waals surface area contributed by atoms with Crippen LogP contribution in [0.25, 0.3) is 0 Å². The Morgan fingerprint density at radius 3 is 2.68 bits per heavy atom. The fraction of sp³-hybridized carbons (Fsp3) is 0.429. The molecule has 1 aromatic rings. The Labute approximate surface area is 116 Å². The molecule has 5 heteroatoms. The highest BCUT2D eigenvalue weighted by Crippen LogP contribution is 2.38. The van der Waals surface area contributed by atoms with Gasteiger partial charge in [-0.15, -0.1) is 0 Å². The summed E-state index contributed by atoms with van der Waals surface area (Å²) in [5.41, 5.74) is 1.29. The van der Waals surface area contributed by atoms with Gasteiger partial charge in [0.1, 0.15) is 0 Å². The zero-order chi connectivity index (χ0) is 14.4. The molecule has 1 aromatic carbocycles. The highest BCUT2D eigenvalue weighted by molar-refractivity contribution is 6.34. The van der Waals surface area contributed by atoms with Crippen LogP contribution in [0.1, 0.15) is 49.0 Å². The number of anilines is 1. The molecule has 2 rings (SSSR count). The summed E-state index contributed by atoms with van der Waals surface area (Å²) < 4.78 is 0. The molecule has 1 aliphatic heterocycles. The predicted molar refractivity (Wildman–Crippen MR) is 74.2 cm³/mol. The quantitative estimate of drug-likeness (QED) is 0.873. The molecule has 0 saturated carbocycles. The standard InChI is InChI=1S/C14H16ClNO3/c1-7(13(18)19)8-4-9-11(17)6-14(2,3)16-12(9)10(15)5-8/h4-5,7,16H,6H2,1-3H3,(H,18,19). The van der Waals surface area contributed by atoms with E-state index in [1.807, 2.05) is 13.8 Å². The van der Waals surface area contributed by atoms with Gasteiger partial charge >= 0.3 is 5.97 Å². The monoisotopic (exact) mass is 281 g/mol. The summed E-state index contributed by atoms with van der Waals surface area (Å²) in [5, 5.41) is 12.7. The van der Waals surface area contributed by atoms with Crippen molar-refractivity contribution < 1.29 is 14.7 Å².